The molecule has 2 atom stereocenters. The Morgan fingerprint density at radius 1 is 1.60 bits per heavy atom. The van der Waals surface area contributed by atoms with Crippen molar-refractivity contribution in [2.45, 2.75) is 31.4 Å². The zero-order valence-electron chi connectivity index (χ0n) is 9.06. The van der Waals surface area contributed by atoms with E-state index in [0.717, 1.165) is 18.7 Å². The van der Waals surface area contributed by atoms with Gasteiger partial charge >= 0.3 is 5.97 Å². The molecule has 1 heterocycles. The number of thioether (sulfide) groups is 1. The first-order valence-electron chi connectivity index (χ1n) is 5.29. The molecule has 2 N–H and O–H groups in total. The van der Waals surface area contributed by atoms with Crippen LogP contribution in [0.4, 0.5) is 0 Å². The monoisotopic (exact) mass is 233 g/mol. The largest absolute Gasteiger partial charge is 0.480 e. The molecule has 0 amide bonds. The highest BCUT2D eigenvalue weighted by Crippen LogP contribution is 2.18. The van der Waals surface area contributed by atoms with Gasteiger partial charge in [-0.15, -0.1) is 0 Å². The number of hydrogen-bond donors (Lipinski definition) is 2. The highest BCUT2D eigenvalue weighted by Gasteiger charge is 2.31. The molecule has 5 heteroatoms. The van der Waals surface area contributed by atoms with Crippen molar-refractivity contribution in [2.24, 2.45) is 0 Å². The SMILES string of the molecule is CSCCCN1CC[C@@H](O)C[C@H]1C(=O)O. The summed E-state index contributed by atoms with van der Waals surface area (Å²) in [5.41, 5.74) is 0. The fourth-order valence-corrected chi connectivity index (χ4v) is 2.35. The number of hydrogen-bond acceptors (Lipinski definition) is 4. The quantitative estimate of drug-likeness (QED) is 0.683. The summed E-state index contributed by atoms with van der Waals surface area (Å²) in [6.07, 6.45) is 3.69. The molecule has 0 aromatic rings. The predicted molar refractivity (Wildman–Crippen MR) is 61.2 cm³/mol. The lowest BCUT2D eigenvalue weighted by atomic mass is 9.99. The van der Waals surface area contributed by atoms with E-state index in [1.807, 2.05) is 4.90 Å². The van der Waals surface area contributed by atoms with Crippen molar-refractivity contribution in [3.63, 3.8) is 0 Å². The summed E-state index contributed by atoms with van der Waals surface area (Å²) in [6.45, 7) is 1.52. The van der Waals surface area contributed by atoms with Gasteiger partial charge in [-0.1, -0.05) is 0 Å². The Hall–Kier alpha value is -0.260. The molecule has 88 valence electrons. The fourth-order valence-electron chi connectivity index (χ4n) is 1.93. The molecule has 1 aliphatic heterocycles. The van der Waals surface area contributed by atoms with E-state index < -0.39 is 18.1 Å². The van der Waals surface area contributed by atoms with Gasteiger partial charge in [0.05, 0.1) is 6.10 Å². The molecule has 0 radical (unpaired) electrons. The Morgan fingerprint density at radius 3 is 2.93 bits per heavy atom. The smallest absolute Gasteiger partial charge is 0.321 e. The van der Waals surface area contributed by atoms with Crippen molar-refractivity contribution < 1.29 is 15.0 Å². The molecule has 1 fully saturated rings. The van der Waals surface area contributed by atoms with E-state index in [1.54, 1.807) is 11.8 Å². The molecule has 0 bridgehead atoms. The van der Waals surface area contributed by atoms with Crippen LogP contribution in [0.1, 0.15) is 19.3 Å². The molecule has 0 spiro atoms. The number of likely N-dealkylation sites (tertiary alicyclic amines) is 1. The summed E-state index contributed by atoms with van der Waals surface area (Å²) >= 11 is 1.78. The molecular formula is C10H19NO3S. The predicted octanol–water partition coefficient (Wildman–Crippen LogP) is 0.649. The molecule has 4 nitrogen and oxygen atoms in total. The number of piperidine rings is 1. The maximum atomic E-state index is 11.0. The zero-order valence-corrected chi connectivity index (χ0v) is 9.87. The van der Waals surface area contributed by atoms with Gasteiger partial charge in [0.2, 0.25) is 0 Å². The minimum absolute atomic E-state index is 0.370. The Balaban J connectivity index is 2.42. The Morgan fingerprint density at radius 2 is 2.33 bits per heavy atom. The standard InChI is InChI=1S/C10H19NO3S/c1-15-6-2-4-11-5-3-8(12)7-9(11)10(13)14/h8-9,12H,2-7H2,1H3,(H,13,14)/t8-,9+/m1/s1. The van der Waals surface area contributed by atoms with Crippen LogP contribution < -0.4 is 0 Å². The van der Waals surface area contributed by atoms with Crippen LogP contribution in [-0.4, -0.2) is 58.3 Å². The van der Waals surface area contributed by atoms with Crippen molar-refractivity contribution in [1.29, 1.82) is 0 Å². The van der Waals surface area contributed by atoms with E-state index >= 15 is 0 Å². The van der Waals surface area contributed by atoms with Crippen LogP contribution in [-0.2, 0) is 4.79 Å². The second-order valence-corrected chi connectivity index (χ2v) is 4.90. The van der Waals surface area contributed by atoms with Gasteiger partial charge in [-0.3, -0.25) is 9.69 Å². The Kier molecular flexibility index (Phi) is 5.42. The van der Waals surface area contributed by atoms with Crippen LogP contribution in [0.5, 0.6) is 0 Å². The normalized spacial score (nSPS) is 27.9. The van der Waals surface area contributed by atoms with E-state index in [0.29, 0.717) is 19.4 Å². The van der Waals surface area contributed by atoms with Crippen molar-refractivity contribution in [3.8, 4) is 0 Å². The van der Waals surface area contributed by atoms with Gasteiger partial charge in [0.25, 0.3) is 0 Å². The van der Waals surface area contributed by atoms with E-state index in [4.69, 9.17) is 5.11 Å². The van der Waals surface area contributed by atoms with E-state index in [-0.39, 0.29) is 0 Å². The highest BCUT2D eigenvalue weighted by molar-refractivity contribution is 7.98. The first kappa shape index (κ1) is 12.8. The van der Waals surface area contributed by atoms with Crippen molar-refractivity contribution in [1.82, 2.24) is 4.90 Å². The van der Waals surface area contributed by atoms with Crippen LogP contribution in [0.25, 0.3) is 0 Å². The summed E-state index contributed by atoms with van der Waals surface area (Å²) in [4.78, 5) is 13.0. The number of aliphatic carboxylic acids is 1. The molecule has 15 heavy (non-hydrogen) atoms. The van der Waals surface area contributed by atoms with Crippen molar-refractivity contribution in [2.75, 3.05) is 25.1 Å². The Labute approximate surface area is 94.7 Å². The zero-order chi connectivity index (χ0) is 11.3. The molecule has 0 aromatic carbocycles. The van der Waals surface area contributed by atoms with E-state index in [1.165, 1.54) is 0 Å². The highest BCUT2D eigenvalue weighted by atomic mass is 32.2. The lowest BCUT2D eigenvalue weighted by Crippen LogP contribution is -2.49. The number of carbonyl (C=O) groups is 1. The number of carboxylic acids is 1. The summed E-state index contributed by atoms with van der Waals surface area (Å²) in [5, 5.41) is 18.4. The van der Waals surface area contributed by atoms with Gasteiger partial charge in [-0.25, -0.2) is 0 Å². The molecule has 0 aromatic heterocycles. The van der Waals surface area contributed by atoms with Crippen molar-refractivity contribution >= 4 is 17.7 Å². The first-order valence-corrected chi connectivity index (χ1v) is 6.68. The second-order valence-electron chi connectivity index (χ2n) is 3.91. The lowest BCUT2D eigenvalue weighted by molar-refractivity contribution is -0.146. The first-order chi connectivity index (χ1) is 7.15. The third-order valence-corrected chi connectivity index (χ3v) is 3.46. The topological polar surface area (TPSA) is 60.8 Å². The van der Waals surface area contributed by atoms with Gasteiger partial charge < -0.3 is 10.2 Å². The number of aliphatic hydroxyl groups is 1. The van der Waals surface area contributed by atoms with Gasteiger partial charge in [-0.2, -0.15) is 11.8 Å². The Bertz CT molecular complexity index is 213. The minimum Gasteiger partial charge on any atom is -0.480 e. The average Bonchev–Trinajstić information content (AvgIpc) is 2.20. The second kappa shape index (κ2) is 6.35. The summed E-state index contributed by atoms with van der Waals surface area (Å²) in [5.74, 6) is 0.253. The maximum Gasteiger partial charge on any atom is 0.321 e. The molecule has 0 saturated carbocycles. The summed E-state index contributed by atoms with van der Waals surface area (Å²) < 4.78 is 0. The number of aliphatic hydroxyl groups excluding tert-OH is 1. The fraction of sp³-hybridized carbons (Fsp3) is 0.900. The summed E-state index contributed by atoms with van der Waals surface area (Å²) in [7, 11) is 0. The van der Waals surface area contributed by atoms with Crippen LogP contribution in [0.2, 0.25) is 0 Å². The van der Waals surface area contributed by atoms with E-state index in [9.17, 15) is 9.90 Å². The minimum atomic E-state index is -0.807. The average molecular weight is 233 g/mol. The molecular weight excluding hydrogens is 214 g/mol. The van der Waals surface area contributed by atoms with Crippen LogP contribution >= 0.6 is 11.8 Å². The van der Waals surface area contributed by atoms with E-state index in [2.05, 4.69) is 6.26 Å². The molecule has 0 aliphatic carbocycles. The third-order valence-electron chi connectivity index (χ3n) is 2.76. The van der Waals surface area contributed by atoms with Gasteiger partial charge in [0.1, 0.15) is 6.04 Å². The number of carboxylic acid groups (broad SMARTS) is 1. The third kappa shape index (κ3) is 4.01. The van der Waals surface area contributed by atoms with Crippen molar-refractivity contribution in [3.05, 3.63) is 0 Å². The molecule has 1 saturated heterocycles. The van der Waals surface area contributed by atoms with Crippen LogP contribution in [0.3, 0.4) is 0 Å². The molecule has 1 aliphatic rings. The molecule has 0 unspecified atom stereocenters. The summed E-state index contributed by atoms with van der Waals surface area (Å²) in [6, 6.07) is -0.490. The van der Waals surface area contributed by atoms with Gasteiger partial charge in [0, 0.05) is 6.54 Å². The lowest BCUT2D eigenvalue weighted by Gasteiger charge is -2.35. The number of nitrogens with zero attached hydrogens (tertiary/aromatic N) is 1. The maximum absolute atomic E-state index is 11.0. The number of rotatable bonds is 5. The molecule has 1 rings (SSSR count). The van der Waals surface area contributed by atoms with Crippen LogP contribution in [0, 0.1) is 0 Å². The van der Waals surface area contributed by atoms with Gasteiger partial charge in [0.15, 0.2) is 0 Å². The van der Waals surface area contributed by atoms with Crippen LogP contribution in [0.15, 0.2) is 0 Å². The van der Waals surface area contributed by atoms with Gasteiger partial charge in [-0.05, 0) is 37.8 Å².